The standard InChI is InChI=1S/C18H20O/c1-5-13-18(8-4,14-6-2)16-9-11-17(12-10-16)19-15-7-3/h3,5-6,8-12H,1-2,4,13-15H2. The van der Waals surface area contributed by atoms with Gasteiger partial charge in [-0.15, -0.1) is 26.2 Å². The fourth-order valence-electron chi connectivity index (χ4n) is 2.13. The van der Waals surface area contributed by atoms with Crippen LogP contribution in [0.1, 0.15) is 18.4 Å². The van der Waals surface area contributed by atoms with Crippen LogP contribution in [0.4, 0.5) is 0 Å². The topological polar surface area (TPSA) is 9.23 Å². The molecule has 19 heavy (non-hydrogen) atoms. The van der Waals surface area contributed by atoms with Crippen LogP contribution in [0.2, 0.25) is 0 Å². The first kappa shape index (κ1) is 14.9. The lowest BCUT2D eigenvalue weighted by Gasteiger charge is -2.29. The lowest BCUT2D eigenvalue weighted by molar-refractivity contribution is 0.370. The normalized spacial score (nSPS) is 10.3. The SMILES string of the molecule is C#CCOc1ccc(C(C=C)(CC=C)CC=C)cc1. The molecule has 0 spiro atoms. The van der Waals surface area contributed by atoms with Crippen molar-refractivity contribution in [3.05, 3.63) is 67.8 Å². The van der Waals surface area contributed by atoms with Gasteiger partial charge in [0.05, 0.1) is 0 Å². The molecule has 0 heterocycles. The van der Waals surface area contributed by atoms with E-state index in [-0.39, 0.29) is 12.0 Å². The van der Waals surface area contributed by atoms with Crippen LogP contribution in [-0.4, -0.2) is 6.61 Å². The molecule has 0 aliphatic heterocycles. The summed E-state index contributed by atoms with van der Waals surface area (Å²) in [6.45, 7) is 11.9. The molecule has 1 heteroatoms. The van der Waals surface area contributed by atoms with Gasteiger partial charge in [0, 0.05) is 5.41 Å². The minimum atomic E-state index is -0.145. The van der Waals surface area contributed by atoms with Crippen LogP contribution >= 0.6 is 0 Å². The molecule has 0 amide bonds. The molecule has 0 saturated heterocycles. The van der Waals surface area contributed by atoms with Crippen LogP contribution in [0.15, 0.2) is 62.2 Å². The van der Waals surface area contributed by atoms with Gasteiger partial charge >= 0.3 is 0 Å². The predicted molar refractivity (Wildman–Crippen MR) is 82.3 cm³/mol. The largest absolute Gasteiger partial charge is 0.481 e. The minimum absolute atomic E-state index is 0.145. The third-order valence-corrected chi connectivity index (χ3v) is 3.16. The zero-order chi connectivity index (χ0) is 14.1. The average Bonchev–Trinajstić information content (AvgIpc) is 2.45. The maximum absolute atomic E-state index is 5.37. The van der Waals surface area contributed by atoms with E-state index < -0.39 is 0 Å². The molecular weight excluding hydrogens is 232 g/mol. The molecule has 0 N–H and O–H groups in total. The number of ether oxygens (including phenoxy) is 1. The maximum Gasteiger partial charge on any atom is 0.148 e. The molecule has 0 aliphatic rings. The second kappa shape index (κ2) is 7.28. The van der Waals surface area contributed by atoms with Crippen molar-refractivity contribution < 1.29 is 4.74 Å². The van der Waals surface area contributed by atoms with Crippen molar-refractivity contribution in [3.8, 4) is 18.1 Å². The van der Waals surface area contributed by atoms with E-state index in [4.69, 9.17) is 11.2 Å². The molecule has 0 atom stereocenters. The van der Waals surface area contributed by atoms with Crippen molar-refractivity contribution in [2.75, 3.05) is 6.61 Å². The third-order valence-electron chi connectivity index (χ3n) is 3.16. The van der Waals surface area contributed by atoms with Gasteiger partial charge in [0.15, 0.2) is 0 Å². The number of hydrogen-bond acceptors (Lipinski definition) is 1. The molecule has 98 valence electrons. The summed E-state index contributed by atoms with van der Waals surface area (Å²) in [7, 11) is 0. The molecule has 0 fully saturated rings. The molecule has 1 nitrogen and oxygen atoms in total. The second-order valence-electron chi connectivity index (χ2n) is 4.36. The van der Waals surface area contributed by atoms with Gasteiger partial charge in [0.25, 0.3) is 0 Å². The minimum Gasteiger partial charge on any atom is -0.481 e. The van der Waals surface area contributed by atoms with Gasteiger partial charge in [-0.3, -0.25) is 0 Å². The summed E-state index contributed by atoms with van der Waals surface area (Å²) in [6.07, 6.45) is 12.6. The van der Waals surface area contributed by atoms with Gasteiger partial charge in [-0.25, -0.2) is 0 Å². The van der Waals surface area contributed by atoms with Gasteiger partial charge in [-0.1, -0.05) is 36.3 Å². The number of hydrogen-bond donors (Lipinski definition) is 0. The highest BCUT2D eigenvalue weighted by atomic mass is 16.5. The van der Waals surface area contributed by atoms with E-state index in [0.717, 1.165) is 18.6 Å². The van der Waals surface area contributed by atoms with E-state index in [1.165, 1.54) is 5.56 Å². The van der Waals surface area contributed by atoms with Crippen molar-refractivity contribution in [1.82, 2.24) is 0 Å². The third kappa shape index (κ3) is 3.63. The van der Waals surface area contributed by atoms with Crippen molar-refractivity contribution in [1.29, 1.82) is 0 Å². The maximum atomic E-state index is 5.37. The molecule has 0 radical (unpaired) electrons. The van der Waals surface area contributed by atoms with Gasteiger partial charge in [-0.05, 0) is 30.5 Å². The molecule has 1 aromatic rings. The van der Waals surface area contributed by atoms with E-state index >= 15 is 0 Å². The van der Waals surface area contributed by atoms with E-state index in [2.05, 4.69) is 25.7 Å². The molecule has 0 saturated carbocycles. The summed E-state index contributed by atoms with van der Waals surface area (Å²) < 4.78 is 5.37. The van der Waals surface area contributed by atoms with E-state index in [1.807, 2.05) is 42.5 Å². The summed E-state index contributed by atoms with van der Waals surface area (Å²) in [5, 5.41) is 0. The van der Waals surface area contributed by atoms with Crippen molar-refractivity contribution in [3.63, 3.8) is 0 Å². The van der Waals surface area contributed by atoms with Gasteiger partial charge in [0.1, 0.15) is 12.4 Å². The monoisotopic (exact) mass is 252 g/mol. The molecule has 0 aromatic heterocycles. The summed E-state index contributed by atoms with van der Waals surface area (Å²) in [5.41, 5.74) is 1.03. The molecule has 1 aromatic carbocycles. The lowest BCUT2D eigenvalue weighted by Crippen LogP contribution is -2.21. The van der Waals surface area contributed by atoms with Gasteiger partial charge in [0.2, 0.25) is 0 Å². The zero-order valence-electron chi connectivity index (χ0n) is 11.3. The fourth-order valence-corrected chi connectivity index (χ4v) is 2.13. The lowest BCUT2D eigenvalue weighted by atomic mass is 9.75. The Morgan fingerprint density at radius 2 is 1.68 bits per heavy atom. The second-order valence-corrected chi connectivity index (χ2v) is 4.36. The van der Waals surface area contributed by atoms with Crippen molar-refractivity contribution >= 4 is 0 Å². The number of benzene rings is 1. The van der Waals surface area contributed by atoms with Crippen LogP contribution in [0, 0.1) is 12.3 Å². The van der Waals surface area contributed by atoms with Crippen molar-refractivity contribution in [2.24, 2.45) is 0 Å². The fraction of sp³-hybridized carbons (Fsp3) is 0.222. The average molecular weight is 252 g/mol. The molecule has 0 bridgehead atoms. The summed E-state index contributed by atoms with van der Waals surface area (Å²) in [4.78, 5) is 0. The Balaban J connectivity index is 3.03. The zero-order valence-corrected chi connectivity index (χ0v) is 11.3. The smallest absolute Gasteiger partial charge is 0.148 e. The number of allylic oxidation sites excluding steroid dienone is 3. The molecule has 0 unspecified atom stereocenters. The quantitative estimate of drug-likeness (QED) is 0.496. The first-order valence-corrected chi connectivity index (χ1v) is 6.24. The first-order chi connectivity index (χ1) is 9.22. The van der Waals surface area contributed by atoms with E-state index in [1.54, 1.807) is 0 Å². The Morgan fingerprint density at radius 1 is 1.11 bits per heavy atom. The number of terminal acetylenes is 1. The Morgan fingerprint density at radius 3 is 2.11 bits per heavy atom. The molecule has 0 aliphatic carbocycles. The highest BCUT2D eigenvalue weighted by Gasteiger charge is 2.25. The van der Waals surface area contributed by atoms with Crippen LogP contribution in [0.3, 0.4) is 0 Å². The van der Waals surface area contributed by atoms with Crippen LogP contribution < -0.4 is 4.74 Å². The van der Waals surface area contributed by atoms with E-state index in [9.17, 15) is 0 Å². The first-order valence-electron chi connectivity index (χ1n) is 6.24. The summed E-state index contributed by atoms with van der Waals surface area (Å²) in [6, 6.07) is 7.94. The summed E-state index contributed by atoms with van der Waals surface area (Å²) in [5.74, 6) is 3.22. The predicted octanol–water partition coefficient (Wildman–Crippen LogP) is 4.27. The summed E-state index contributed by atoms with van der Waals surface area (Å²) >= 11 is 0. The Hall–Kier alpha value is -2.20. The van der Waals surface area contributed by atoms with Gasteiger partial charge in [-0.2, -0.15) is 0 Å². The van der Waals surface area contributed by atoms with Crippen molar-refractivity contribution in [2.45, 2.75) is 18.3 Å². The Bertz CT molecular complexity index is 463. The van der Waals surface area contributed by atoms with E-state index in [0.29, 0.717) is 0 Å². The number of rotatable bonds is 8. The highest BCUT2D eigenvalue weighted by Crippen LogP contribution is 2.34. The van der Waals surface area contributed by atoms with Crippen LogP contribution in [-0.2, 0) is 5.41 Å². The molecular formula is C18H20O. The highest BCUT2D eigenvalue weighted by molar-refractivity contribution is 5.37. The van der Waals surface area contributed by atoms with Crippen LogP contribution in [0.25, 0.3) is 0 Å². The molecule has 1 rings (SSSR count). The Kier molecular flexibility index (Phi) is 5.70. The van der Waals surface area contributed by atoms with Gasteiger partial charge < -0.3 is 4.74 Å². The Labute approximate surface area is 116 Å². The van der Waals surface area contributed by atoms with Crippen LogP contribution in [0.5, 0.6) is 5.75 Å².